The van der Waals surface area contributed by atoms with Crippen molar-refractivity contribution in [1.82, 2.24) is 0 Å². The van der Waals surface area contributed by atoms with Gasteiger partial charge in [0.25, 0.3) is 0 Å². The normalized spacial score (nSPS) is 26.8. The maximum absolute atomic E-state index is 10.00. The van der Waals surface area contributed by atoms with Gasteiger partial charge in [-0.2, -0.15) is 5.26 Å². The lowest BCUT2D eigenvalue weighted by atomic mass is 9.66. The molecular formula is C33H53NO. The predicted octanol–water partition coefficient (Wildman–Crippen LogP) is 10.4. The standard InChI is InChI=1S/C33H53NO/c1-3-5-7-8-9-10-26-35-32-18-16-31(17-19-32)30-14-12-29(13-15-30)22-25-33(27-34)23-20-28(21-24-33)11-6-4-2/h16-19,28-30H,3-15,20-26H2,1-2H3. The fraction of sp³-hybridized carbons (Fsp3) is 0.788. The summed E-state index contributed by atoms with van der Waals surface area (Å²) in [5, 5.41) is 10.00. The Morgan fingerprint density at radius 1 is 0.771 bits per heavy atom. The Morgan fingerprint density at radius 3 is 2.06 bits per heavy atom. The monoisotopic (exact) mass is 479 g/mol. The van der Waals surface area contributed by atoms with Gasteiger partial charge < -0.3 is 4.74 Å². The SMILES string of the molecule is CCCCCCCCOc1ccc(C2CCC(CCC3(C#N)CCC(CCCC)CC3)CC2)cc1. The molecule has 2 saturated carbocycles. The summed E-state index contributed by atoms with van der Waals surface area (Å²) in [7, 11) is 0. The van der Waals surface area contributed by atoms with Gasteiger partial charge in [-0.3, -0.25) is 0 Å². The summed E-state index contributed by atoms with van der Waals surface area (Å²) in [6.45, 7) is 5.41. The molecule has 0 unspecified atom stereocenters. The quantitative estimate of drug-likeness (QED) is 0.234. The van der Waals surface area contributed by atoms with Crippen LogP contribution in [0.2, 0.25) is 0 Å². The smallest absolute Gasteiger partial charge is 0.119 e. The second-order valence-corrected chi connectivity index (χ2v) is 11.9. The third kappa shape index (κ3) is 9.48. The Kier molecular flexibility index (Phi) is 12.5. The number of unbranched alkanes of at least 4 members (excludes halogenated alkanes) is 6. The molecule has 2 heteroatoms. The highest BCUT2D eigenvalue weighted by atomic mass is 16.5. The van der Waals surface area contributed by atoms with E-state index in [2.05, 4.69) is 44.2 Å². The Morgan fingerprint density at radius 2 is 1.40 bits per heavy atom. The molecule has 2 fully saturated rings. The zero-order chi connectivity index (χ0) is 24.8. The number of benzene rings is 1. The largest absolute Gasteiger partial charge is 0.494 e. The molecule has 0 N–H and O–H groups in total. The highest BCUT2D eigenvalue weighted by Crippen LogP contribution is 2.46. The van der Waals surface area contributed by atoms with Crippen molar-refractivity contribution in [1.29, 1.82) is 5.26 Å². The molecule has 0 amide bonds. The molecule has 0 spiro atoms. The average Bonchev–Trinajstić information content (AvgIpc) is 2.91. The van der Waals surface area contributed by atoms with E-state index in [-0.39, 0.29) is 5.41 Å². The van der Waals surface area contributed by atoms with Crippen LogP contribution in [-0.4, -0.2) is 6.61 Å². The molecule has 2 aliphatic carbocycles. The second kappa shape index (κ2) is 15.6. The Balaban J connectivity index is 1.33. The van der Waals surface area contributed by atoms with Crippen molar-refractivity contribution in [2.24, 2.45) is 17.3 Å². The minimum atomic E-state index is -0.00903. The maximum atomic E-state index is 10.00. The molecule has 1 aromatic carbocycles. The van der Waals surface area contributed by atoms with Gasteiger partial charge in [-0.1, -0.05) is 77.3 Å². The Bertz CT molecular complexity index is 716. The van der Waals surface area contributed by atoms with Gasteiger partial charge in [0.2, 0.25) is 0 Å². The molecule has 2 aliphatic rings. The molecule has 0 aromatic heterocycles. The number of ether oxygens (including phenoxy) is 1. The fourth-order valence-electron chi connectivity index (χ4n) is 6.60. The minimum absolute atomic E-state index is 0.00903. The van der Waals surface area contributed by atoms with Crippen molar-refractivity contribution in [3.63, 3.8) is 0 Å². The van der Waals surface area contributed by atoms with Gasteiger partial charge >= 0.3 is 0 Å². The van der Waals surface area contributed by atoms with Crippen molar-refractivity contribution in [2.45, 2.75) is 142 Å². The average molecular weight is 480 g/mol. The molecule has 0 saturated heterocycles. The van der Waals surface area contributed by atoms with E-state index in [0.717, 1.165) is 43.5 Å². The van der Waals surface area contributed by atoms with Crippen LogP contribution in [0.3, 0.4) is 0 Å². The number of hydrogen-bond donors (Lipinski definition) is 0. The van der Waals surface area contributed by atoms with Gasteiger partial charge in [0, 0.05) is 0 Å². The van der Waals surface area contributed by atoms with Crippen LogP contribution in [0.25, 0.3) is 0 Å². The van der Waals surface area contributed by atoms with Crippen molar-refractivity contribution >= 4 is 0 Å². The number of hydrogen-bond acceptors (Lipinski definition) is 2. The molecule has 0 bridgehead atoms. The highest BCUT2D eigenvalue weighted by Gasteiger charge is 2.36. The number of rotatable bonds is 15. The van der Waals surface area contributed by atoms with E-state index in [1.807, 2.05) is 0 Å². The van der Waals surface area contributed by atoms with Crippen molar-refractivity contribution in [2.75, 3.05) is 6.61 Å². The third-order valence-corrected chi connectivity index (χ3v) is 9.26. The first-order chi connectivity index (χ1) is 17.2. The van der Waals surface area contributed by atoms with Crippen LogP contribution in [0.4, 0.5) is 0 Å². The predicted molar refractivity (Wildman–Crippen MR) is 149 cm³/mol. The van der Waals surface area contributed by atoms with Crippen LogP contribution in [-0.2, 0) is 0 Å². The molecule has 2 nitrogen and oxygen atoms in total. The molecule has 0 heterocycles. The van der Waals surface area contributed by atoms with Crippen LogP contribution >= 0.6 is 0 Å². The minimum Gasteiger partial charge on any atom is -0.494 e. The second-order valence-electron chi connectivity index (χ2n) is 11.9. The van der Waals surface area contributed by atoms with E-state index >= 15 is 0 Å². The fourth-order valence-corrected chi connectivity index (χ4v) is 6.60. The Labute approximate surface area is 217 Å². The molecular weight excluding hydrogens is 426 g/mol. The van der Waals surface area contributed by atoms with Gasteiger partial charge in [0.15, 0.2) is 0 Å². The van der Waals surface area contributed by atoms with E-state index in [1.54, 1.807) is 0 Å². The van der Waals surface area contributed by atoms with Crippen LogP contribution in [0.1, 0.15) is 147 Å². The van der Waals surface area contributed by atoms with Gasteiger partial charge in [-0.25, -0.2) is 0 Å². The first-order valence-electron chi connectivity index (χ1n) is 15.3. The topological polar surface area (TPSA) is 33.0 Å². The van der Waals surface area contributed by atoms with Crippen molar-refractivity contribution < 1.29 is 4.74 Å². The van der Waals surface area contributed by atoms with E-state index < -0.39 is 0 Å². The van der Waals surface area contributed by atoms with E-state index in [0.29, 0.717) is 5.92 Å². The summed E-state index contributed by atoms with van der Waals surface area (Å²) in [4.78, 5) is 0. The summed E-state index contributed by atoms with van der Waals surface area (Å²) in [5.74, 6) is 3.45. The highest BCUT2D eigenvalue weighted by molar-refractivity contribution is 5.29. The summed E-state index contributed by atoms with van der Waals surface area (Å²) in [6.07, 6.45) is 24.5. The Hall–Kier alpha value is -1.49. The summed E-state index contributed by atoms with van der Waals surface area (Å²) >= 11 is 0. The van der Waals surface area contributed by atoms with E-state index in [1.165, 1.54) is 108 Å². The third-order valence-electron chi connectivity index (χ3n) is 9.26. The lowest BCUT2D eigenvalue weighted by molar-refractivity contribution is 0.168. The molecule has 35 heavy (non-hydrogen) atoms. The molecule has 0 aliphatic heterocycles. The first kappa shape index (κ1) is 28.1. The van der Waals surface area contributed by atoms with Crippen molar-refractivity contribution in [3.8, 4) is 11.8 Å². The first-order valence-corrected chi connectivity index (χ1v) is 15.3. The number of nitriles is 1. The summed E-state index contributed by atoms with van der Waals surface area (Å²) in [5.41, 5.74) is 1.49. The lowest BCUT2D eigenvalue weighted by Gasteiger charge is -2.37. The van der Waals surface area contributed by atoms with Crippen molar-refractivity contribution in [3.05, 3.63) is 29.8 Å². The maximum Gasteiger partial charge on any atom is 0.119 e. The molecule has 196 valence electrons. The molecule has 0 atom stereocenters. The van der Waals surface area contributed by atoms with Gasteiger partial charge in [-0.15, -0.1) is 0 Å². The van der Waals surface area contributed by atoms with Crippen LogP contribution in [0.5, 0.6) is 5.75 Å². The zero-order valence-corrected chi connectivity index (χ0v) is 23.0. The summed E-state index contributed by atoms with van der Waals surface area (Å²) < 4.78 is 5.98. The van der Waals surface area contributed by atoms with E-state index in [4.69, 9.17) is 4.74 Å². The summed E-state index contributed by atoms with van der Waals surface area (Å²) in [6, 6.07) is 11.8. The van der Waals surface area contributed by atoms with Gasteiger partial charge in [0.1, 0.15) is 5.75 Å². The lowest BCUT2D eigenvalue weighted by Crippen LogP contribution is -2.27. The van der Waals surface area contributed by atoms with Crippen LogP contribution in [0.15, 0.2) is 24.3 Å². The van der Waals surface area contributed by atoms with Crippen LogP contribution in [0, 0.1) is 28.6 Å². The molecule has 0 radical (unpaired) electrons. The molecule has 1 aromatic rings. The van der Waals surface area contributed by atoms with Gasteiger partial charge in [0.05, 0.1) is 18.1 Å². The molecule has 3 rings (SSSR count). The number of nitrogens with zero attached hydrogens (tertiary/aromatic N) is 1. The van der Waals surface area contributed by atoms with E-state index in [9.17, 15) is 5.26 Å². The van der Waals surface area contributed by atoms with Gasteiger partial charge in [-0.05, 0) is 106 Å². The van der Waals surface area contributed by atoms with Crippen LogP contribution < -0.4 is 4.74 Å². The zero-order valence-electron chi connectivity index (χ0n) is 23.0.